The molecule has 0 aromatic carbocycles. The van der Waals surface area contributed by atoms with Gasteiger partial charge in [-0.2, -0.15) is 0 Å². The van der Waals surface area contributed by atoms with Crippen molar-refractivity contribution >= 4 is 16.0 Å². The van der Waals surface area contributed by atoms with Crippen molar-refractivity contribution in [1.29, 1.82) is 0 Å². The van der Waals surface area contributed by atoms with Gasteiger partial charge in [-0.25, -0.2) is 13.6 Å². The van der Waals surface area contributed by atoms with Gasteiger partial charge in [-0.15, -0.1) is 0 Å². The van der Waals surface area contributed by atoms with Crippen LogP contribution in [0.1, 0.15) is 111 Å². The van der Waals surface area contributed by atoms with Crippen LogP contribution in [0.2, 0.25) is 0 Å². The van der Waals surface area contributed by atoms with E-state index in [1.807, 2.05) is 0 Å². The normalized spacial score (nSPS) is 13.0. The summed E-state index contributed by atoms with van der Waals surface area (Å²) in [6.45, 7) is 10.1. The van der Waals surface area contributed by atoms with Crippen LogP contribution in [0.15, 0.2) is 0 Å². The molecule has 0 saturated heterocycles. The SMILES string of the molecule is CCC(CC)(CCCCOCCCCC(CC)(CC)CCS(N)(=O)=O)CCC(=O)O. The average Bonchev–Trinajstić information content (AvgIpc) is 2.71. The number of primary sulfonamides is 1. The standard InChI is InChI=1S/C23H47NO5S/c1-5-22(6-2,16-13-21(25)26)14-9-11-18-29-19-12-10-15-23(7-3,8-4)17-20-30(24,27)28/h5-20H2,1-4H3,(H,25,26)(H2,24,27,28). The van der Waals surface area contributed by atoms with Crippen molar-refractivity contribution in [2.45, 2.75) is 111 Å². The molecule has 0 atom stereocenters. The number of carbonyl (C=O) groups is 1. The Balaban J connectivity index is 4.06. The smallest absolute Gasteiger partial charge is 0.303 e. The molecule has 0 aromatic rings. The Hall–Kier alpha value is -0.660. The van der Waals surface area contributed by atoms with Crippen molar-refractivity contribution in [3.8, 4) is 0 Å². The Morgan fingerprint density at radius 2 is 1.23 bits per heavy atom. The van der Waals surface area contributed by atoms with Crippen LogP contribution in [0.5, 0.6) is 0 Å². The van der Waals surface area contributed by atoms with Crippen LogP contribution in [-0.4, -0.2) is 38.5 Å². The lowest BCUT2D eigenvalue weighted by atomic mass is 9.74. The van der Waals surface area contributed by atoms with E-state index in [1.54, 1.807) is 0 Å². The Morgan fingerprint density at radius 3 is 1.60 bits per heavy atom. The minimum atomic E-state index is -3.40. The zero-order valence-electron chi connectivity index (χ0n) is 19.9. The van der Waals surface area contributed by atoms with Crippen molar-refractivity contribution in [3.63, 3.8) is 0 Å². The second-order valence-electron chi connectivity index (χ2n) is 8.95. The quantitative estimate of drug-likeness (QED) is 0.239. The molecule has 0 bridgehead atoms. The molecule has 0 unspecified atom stereocenters. The minimum Gasteiger partial charge on any atom is -0.481 e. The van der Waals surface area contributed by atoms with E-state index < -0.39 is 16.0 Å². The number of aliphatic carboxylic acids is 1. The molecule has 3 N–H and O–H groups in total. The van der Waals surface area contributed by atoms with Gasteiger partial charge in [0.15, 0.2) is 0 Å². The maximum absolute atomic E-state index is 11.3. The molecule has 7 heteroatoms. The van der Waals surface area contributed by atoms with Gasteiger partial charge >= 0.3 is 5.97 Å². The third-order valence-electron chi connectivity index (χ3n) is 7.28. The lowest BCUT2D eigenvalue weighted by Crippen LogP contribution is -2.26. The van der Waals surface area contributed by atoms with Gasteiger partial charge in [0.2, 0.25) is 10.0 Å². The molecule has 0 amide bonds. The van der Waals surface area contributed by atoms with Crippen LogP contribution in [0.3, 0.4) is 0 Å². The fourth-order valence-corrected chi connectivity index (χ4v) is 5.12. The highest BCUT2D eigenvalue weighted by molar-refractivity contribution is 7.89. The molecule has 0 rings (SSSR count). The number of nitrogens with two attached hydrogens (primary N) is 1. The number of hydrogen-bond acceptors (Lipinski definition) is 4. The van der Waals surface area contributed by atoms with Crippen molar-refractivity contribution < 1.29 is 23.1 Å². The van der Waals surface area contributed by atoms with Crippen molar-refractivity contribution in [3.05, 3.63) is 0 Å². The topological polar surface area (TPSA) is 107 Å². The molecule has 0 aromatic heterocycles. The predicted octanol–water partition coefficient (Wildman–Crippen LogP) is 5.50. The zero-order chi connectivity index (χ0) is 23.1. The maximum atomic E-state index is 11.3. The van der Waals surface area contributed by atoms with Gasteiger partial charge in [0.05, 0.1) is 5.75 Å². The second kappa shape index (κ2) is 15.2. The number of carboxylic acid groups (broad SMARTS) is 1. The summed E-state index contributed by atoms with van der Waals surface area (Å²) in [4.78, 5) is 10.9. The predicted molar refractivity (Wildman–Crippen MR) is 124 cm³/mol. The van der Waals surface area contributed by atoms with Crippen molar-refractivity contribution in [2.75, 3.05) is 19.0 Å². The number of unbranched alkanes of at least 4 members (excludes halogenated alkanes) is 2. The van der Waals surface area contributed by atoms with Crippen LogP contribution in [0, 0.1) is 10.8 Å². The molecule has 0 heterocycles. The molecule has 0 saturated carbocycles. The van der Waals surface area contributed by atoms with Crippen LogP contribution in [-0.2, 0) is 19.6 Å². The number of ether oxygens (including phenoxy) is 1. The summed E-state index contributed by atoms with van der Waals surface area (Å²) in [5, 5.41) is 14.2. The molecule has 6 nitrogen and oxygen atoms in total. The van der Waals surface area contributed by atoms with Gasteiger partial charge in [0.25, 0.3) is 0 Å². The van der Waals surface area contributed by atoms with Gasteiger partial charge in [-0.1, -0.05) is 66.2 Å². The number of hydrogen-bond donors (Lipinski definition) is 2. The highest BCUT2D eigenvalue weighted by Crippen LogP contribution is 2.38. The summed E-state index contributed by atoms with van der Waals surface area (Å²) >= 11 is 0. The highest BCUT2D eigenvalue weighted by atomic mass is 32.2. The van der Waals surface area contributed by atoms with E-state index in [2.05, 4.69) is 27.7 Å². The van der Waals surface area contributed by atoms with E-state index in [4.69, 9.17) is 15.0 Å². The molecule has 30 heavy (non-hydrogen) atoms. The zero-order valence-corrected chi connectivity index (χ0v) is 20.7. The van der Waals surface area contributed by atoms with Crippen molar-refractivity contribution in [1.82, 2.24) is 0 Å². The molecule has 0 aliphatic carbocycles. The van der Waals surface area contributed by atoms with Crippen LogP contribution in [0.4, 0.5) is 0 Å². The summed E-state index contributed by atoms with van der Waals surface area (Å²) < 4.78 is 28.4. The number of sulfonamides is 1. The maximum Gasteiger partial charge on any atom is 0.303 e. The summed E-state index contributed by atoms with van der Waals surface area (Å²) in [6, 6.07) is 0. The van der Waals surface area contributed by atoms with E-state index in [0.29, 0.717) is 6.42 Å². The Labute approximate surface area is 185 Å². The third-order valence-corrected chi connectivity index (χ3v) is 8.05. The molecular weight excluding hydrogens is 402 g/mol. The average molecular weight is 450 g/mol. The van der Waals surface area contributed by atoms with Gasteiger partial charge in [-0.3, -0.25) is 4.79 Å². The van der Waals surface area contributed by atoms with E-state index in [0.717, 1.165) is 83.8 Å². The van der Waals surface area contributed by atoms with E-state index in [9.17, 15) is 13.2 Å². The molecule has 180 valence electrons. The van der Waals surface area contributed by atoms with E-state index >= 15 is 0 Å². The van der Waals surface area contributed by atoms with Crippen LogP contribution in [0.25, 0.3) is 0 Å². The minimum absolute atomic E-state index is 0.0615. The van der Waals surface area contributed by atoms with E-state index in [1.165, 1.54) is 0 Å². The van der Waals surface area contributed by atoms with Gasteiger partial charge < -0.3 is 9.84 Å². The van der Waals surface area contributed by atoms with Gasteiger partial charge in [0, 0.05) is 19.6 Å². The Morgan fingerprint density at radius 1 is 0.800 bits per heavy atom. The van der Waals surface area contributed by atoms with E-state index in [-0.39, 0.29) is 23.0 Å². The Kier molecular flexibility index (Phi) is 14.9. The third kappa shape index (κ3) is 12.9. The molecule has 0 spiro atoms. The summed E-state index contributed by atoms with van der Waals surface area (Å²) in [5.74, 6) is -0.640. The fourth-order valence-electron chi connectivity index (χ4n) is 4.41. The largest absolute Gasteiger partial charge is 0.481 e. The summed E-state index contributed by atoms with van der Waals surface area (Å²) in [5.41, 5.74) is 0.213. The first-order valence-electron chi connectivity index (χ1n) is 11.9. The number of carboxylic acids is 1. The molecule has 0 aliphatic heterocycles. The van der Waals surface area contributed by atoms with Crippen LogP contribution < -0.4 is 5.14 Å². The summed E-state index contributed by atoms with van der Waals surface area (Å²) in [7, 11) is -3.40. The highest BCUT2D eigenvalue weighted by Gasteiger charge is 2.27. The van der Waals surface area contributed by atoms with Gasteiger partial charge in [0.1, 0.15) is 0 Å². The fraction of sp³-hybridized carbons (Fsp3) is 0.957. The van der Waals surface area contributed by atoms with Crippen LogP contribution >= 0.6 is 0 Å². The Bertz CT molecular complexity index is 554. The molecule has 0 aliphatic rings. The molecular formula is C23H47NO5S. The van der Waals surface area contributed by atoms with Crippen molar-refractivity contribution in [2.24, 2.45) is 16.0 Å². The monoisotopic (exact) mass is 449 g/mol. The first-order valence-corrected chi connectivity index (χ1v) is 13.6. The lowest BCUT2D eigenvalue weighted by molar-refractivity contribution is -0.137. The second-order valence-corrected chi connectivity index (χ2v) is 10.7. The summed E-state index contributed by atoms with van der Waals surface area (Å²) in [6.07, 6.45) is 11.8. The number of rotatable bonds is 20. The lowest BCUT2D eigenvalue weighted by Gasteiger charge is -2.31. The molecule has 0 fully saturated rings. The first-order chi connectivity index (χ1) is 14.1. The molecule has 0 radical (unpaired) electrons. The van der Waals surface area contributed by atoms with Gasteiger partial charge in [-0.05, 0) is 49.4 Å². The first kappa shape index (κ1) is 29.3.